The first kappa shape index (κ1) is 23.3. The fraction of sp³-hybridized carbons (Fsp3) is 0.381. The summed E-state index contributed by atoms with van der Waals surface area (Å²) in [5.74, 6) is -0.780. The van der Waals surface area contributed by atoms with Crippen LogP contribution >= 0.6 is 0 Å². The number of rotatable bonds is 6. The number of ether oxygens (including phenoxy) is 3. The number of primary amides is 1. The van der Waals surface area contributed by atoms with E-state index in [4.69, 9.17) is 25.2 Å². The van der Waals surface area contributed by atoms with Crippen molar-refractivity contribution in [1.29, 1.82) is 5.26 Å². The average Bonchev–Trinajstić information content (AvgIpc) is 2.71. The van der Waals surface area contributed by atoms with Gasteiger partial charge in [-0.3, -0.25) is 9.59 Å². The maximum absolute atomic E-state index is 13.4. The number of pyridine rings is 1. The van der Waals surface area contributed by atoms with Gasteiger partial charge >= 0.3 is 6.18 Å². The summed E-state index contributed by atoms with van der Waals surface area (Å²) in [6.07, 6.45) is -5.11. The Hall–Kier alpha value is -3.36. The molecule has 2 aromatic rings. The molecule has 3 rings (SSSR count). The number of carbonyl (C=O) groups is 1. The van der Waals surface area contributed by atoms with Crippen molar-refractivity contribution < 1.29 is 32.2 Å². The molecule has 2 heterocycles. The number of halogens is 3. The number of amides is 1. The number of nitrogens with two attached hydrogens (primary N) is 1. The third-order valence-electron chi connectivity index (χ3n) is 4.81. The molecule has 0 spiro atoms. The number of aromatic nitrogens is 1. The number of nitrogens with one attached hydrogen (secondary N) is 1. The lowest BCUT2D eigenvalue weighted by molar-refractivity contribution is -0.195. The summed E-state index contributed by atoms with van der Waals surface area (Å²) in [5, 5.41) is 8.90. The highest BCUT2D eigenvalue weighted by atomic mass is 19.4. The second-order valence-electron chi connectivity index (χ2n) is 7.54. The second kappa shape index (κ2) is 9.02. The van der Waals surface area contributed by atoms with Crippen LogP contribution in [-0.4, -0.2) is 42.4 Å². The van der Waals surface area contributed by atoms with Crippen molar-refractivity contribution in [2.45, 2.75) is 31.2 Å². The van der Waals surface area contributed by atoms with Crippen LogP contribution < -0.4 is 16.0 Å². The Balaban J connectivity index is 1.79. The molecule has 2 atom stereocenters. The molecule has 32 heavy (non-hydrogen) atoms. The SMILES string of the molecule is C[C@]1(CC#N)COC[C@@H](COc2ccc(-c3cc(C(N)=O)c(=O)[nH]c3C(F)(F)F)cc2)O1. The Labute approximate surface area is 180 Å². The minimum absolute atomic E-state index is 0.0993. The standard InChI is InChI=1S/C21H20F3N3O5/c1-20(6-7-25)11-30-9-14(32-20)10-31-13-4-2-12(3-5-13)15-8-16(18(26)28)19(29)27-17(15)21(22,23)24/h2-5,8,14H,6,9-11H2,1H3,(H2,26,28)(H,27,29)/t14-,20-/m0/s1. The molecule has 0 bridgehead atoms. The number of aromatic amines is 1. The van der Waals surface area contributed by atoms with Gasteiger partial charge in [-0.15, -0.1) is 0 Å². The number of alkyl halides is 3. The van der Waals surface area contributed by atoms with Crippen molar-refractivity contribution in [2.24, 2.45) is 5.73 Å². The monoisotopic (exact) mass is 451 g/mol. The molecule has 0 aliphatic carbocycles. The van der Waals surface area contributed by atoms with Crippen LogP contribution in [-0.2, 0) is 15.7 Å². The van der Waals surface area contributed by atoms with Gasteiger partial charge in [0.05, 0.1) is 25.7 Å². The molecule has 1 aromatic carbocycles. The van der Waals surface area contributed by atoms with E-state index in [1.807, 2.05) is 6.07 Å². The Bertz CT molecular complexity index is 1090. The number of H-pyrrole nitrogens is 1. The molecule has 0 saturated carbocycles. The lowest BCUT2D eigenvalue weighted by Crippen LogP contribution is -2.47. The molecule has 1 aromatic heterocycles. The van der Waals surface area contributed by atoms with Crippen molar-refractivity contribution in [3.05, 3.63) is 51.9 Å². The molecule has 0 radical (unpaired) electrons. The van der Waals surface area contributed by atoms with E-state index in [-0.39, 0.29) is 25.2 Å². The minimum Gasteiger partial charge on any atom is -0.491 e. The first-order valence-corrected chi connectivity index (χ1v) is 9.52. The highest BCUT2D eigenvalue weighted by Gasteiger charge is 2.36. The minimum atomic E-state index is -4.85. The number of benzene rings is 1. The van der Waals surface area contributed by atoms with E-state index in [0.29, 0.717) is 12.4 Å². The third kappa shape index (κ3) is 5.27. The second-order valence-corrected chi connectivity index (χ2v) is 7.54. The largest absolute Gasteiger partial charge is 0.491 e. The zero-order chi connectivity index (χ0) is 23.5. The van der Waals surface area contributed by atoms with E-state index >= 15 is 0 Å². The van der Waals surface area contributed by atoms with E-state index in [9.17, 15) is 22.8 Å². The molecule has 3 N–H and O–H groups in total. The molecule has 1 fully saturated rings. The van der Waals surface area contributed by atoms with E-state index in [1.54, 1.807) is 11.9 Å². The Morgan fingerprint density at radius 3 is 2.66 bits per heavy atom. The third-order valence-corrected chi connectivity index (χ3v) is 4.81. The Morgan fingerprint density at radius 2 is 2.06 bits per heavy atom. The molecule has 11 heteroatoms. The molecular formula is C21H20F3N3O5. The molecule has 1 amide bonds. The number of carbonyl (C=O) groups excluding carboxylic acids is 1. The van der Waals surface area contributed by atoms with Gasteiger partial charge in [0.1, 0.15) is 35.3 Å². The van der Waals surface area contributed by atoms with Gasteiger partial charge < -0.3 is 24.9 Å². The molecule has 1 aliphatic heterocycles. The van der Waals surface area contributed by atoms with E-state index in [1.165, 1.54) is 24.3 Å². The van der Waals surface area contributed by atoms with Crippen molar-refractivity contribution >= 4 is 5.91 Å². The number of nitriles is 1. The van der Waals surface area contributed by atoms with Crippen LogP contribution in [0.2, 0.25) is 0 Å². The number of hydrogen-bond acceptors (Lipinski definition) is 6. The van der Waals surface area contributed by atoms with Crippen LogP contribution in [0.15, 0.2) is 35.1 Å². The van der Waals surface area contributed by atoms with E-state index in [0.717, 1.165) is 6.07 Å². The Kier molecular flexibility index (Phi) is 6.57. The molecule has 1 saturated heterocycles. The van der Waals surface area contributed by atoms with Gasteiger partial charge in [-0.25, -0.2) is 0 Å². The van der Waals surface area contributed by atoms with E-state index in [2.05, 4.69) is 0 Å². The summed E-state index contributed by atoms with van der Waals surface area (Å²) in [7, 11) is 0. The van der Waals surface area contributed by atoms with Crippen molar-refractivity contribution in [2.75, 3.05) is 19.8 Å². The molecular weight excluding hydrogens is 431 g/mol. The summed E-state index contributed by atoms with van der Waals surface area (Å²) in [5.41, 5.74) is 0.980. The number of hydrogen-bond donors (Lipinski definition) is 2. The lowest BCUT2D eigenvalue weighted by Gasteiger charge is -2.36. The van der Waals surface area contributed by atoms with Crippen LogP contribution in [0.4, 0.5) is 13.2 Å². The predicted molar refractivity (Wildman–Crippen MR) is 106 cm³/mol. The summed E-state index contributed by atoms with van der Waals surface area (Å²) >= 11 is 0. The molecule has 1 aliphatic rings. The quantitative estimate of drug-likeness (QED) is 0.695. The van der Waals surface area contributed by atoms with Crippen LogP contribution in [0.3, 0.4) is 0 Å². The topological polar surface area (TPSA) is 127 Å². The van der Waals surface area contributed by atoms with Crippen LogP contribution in [0, 0.1) is 11.3 Å². The first-order valence-electron chi connectivity index (χ1n) is 9.52. The summed E-state index contributed by atoms with van der Waals surface area (Å²) in [4.78, 5) is 24.9. The van der Waals surface area contributed by atoms with Gasteiger partial charge in [0, 0.05) is 5.56 Å². The van der Waals surface area contributed by atoms with E-state index < -0.39 is 46.2 Å². The highest BCUT2D eigenvalue weighted by Crippen LogP contribution is 2.36. The number of nitrogens with zero attached hydrogens (tertiary/aromatic N) is 1. The van der Waals surface area contributed by atoms with Gasteiger partial charge in [0.25, 0.3) is 11.5 Å². The van der Waals surface area contributed by atoms with Crippen LogP contribution in [0.5, 0.6) is 5.75 Å². The smallest absolute Gasteiger partial charge is 0.431 e. The van der Waals surface area contributed by atoms with Crippen LogP contribution in [0.25, 0.3) is 11.1 Å². The maximum atomic E-state index is 13.4. The normalized spacial score (nSPS) is 21.0. The zero-order valence-corrected chi connectivity index (χ0v) is 17.0. The molecule has 0 unspecified atom stereocenters. The summed E-state index contributed by atoms with van der Waals surface area (Å²) in [6, 6.07) is 8.49. The molecule has 8 nitrogen and oxygen atoms in total. The average molecular weight is 451 g/mol. The zero-order valence-electron chi connectivity index (χ0n) is 17.0. The summed E-state index contributed by atoms with van der Waals surface area (Å²) < 4.78 is 57.2. The van der Waals surface area contributed by atoms with Crippen molar-refractivity contribution in [3.63, 3.8) is 0 Å². The van der Waals surface area contributed by atoms with Crippen molar-refractivity contribution in [1.82, 2.24) is 4.98 Å². The first-order chi connectivity index (χ1) is 15.0. The highest BCUT2D eigenvalue weighted by molar-refractivity contribution is 5.94. The Morgan fingerprint density at radius 1 is 1.38 bits per heavy atom. The summed E-state index contributed by atoms with van der Waals surface area (Å²) in [6.45, 7) is 2.44. The fourth-order valence-electron chi connectivity index (χ4n) is 3.30. The maximum Gasteiger partial charge on any atom is 0.431 e. The van der Waals surface area contributed by atoms with Gasteiger partial charge in [-0.05, 0) is 30.7 Å². The van der Waals surface area contributed by atoms with Gasteiger partial charge in [0.15, 0.2) is 0 Å². The predicted octanol–water partition coefficient (Wildman–Crippen LogP) is 2.63. The van der Waals surface area contributed by atoms with Crippen molar-refractivity contribution in [3.8, 4) is 22.9 Å². The van der Waals surface area contributed by atoms with Gasteiger partial charge in [0.2, 0.25) is 0 Å². The van der Waals surface area contributed by atoms with Crippen LogP contribution in [0.1, 0.15) is 29.4 Å². The van der Waals surface area contributed by atoms with Gasteiger partial charge in [-0.2, -0.15) is 18.4 Å². The fourth-order valence-corrected chi connectivity index (χ4v) is 3.30. The lowest BCUT2D eigenvalue weighted by atomic mass is 10.0. The molecule has 170 valence electrons. The van der Waals surface area contributed by atoms with Gasteiger partial charge in [-0.1, -0.05) is 12.1 Å².